The molecule has 22 heteroatoms. The monoisotopic (exact) mass is 886 g/mol. The number of alkyl halides is 1. The molecule has 2 heterocycles. The van der Waals surface area contributed by atoms with Crippen molar-refractivity contribution in [2.45, 2.75) is 72.3 Å². The fraction of sp³-hybridized carbons (Fsp3) is 0.469. The number of carbonyl (C=O) groups excluding carboxylic acids is 8. The number of halogens is 1. The number of aromatic nitrogens is 2. The number of carbonyl (C=O) groups is 8. The second-order valence-electron chi connectivity index (χ2n) is 12.4. The van der Waals surface area contributed by atoms with E-state index in [1.165, 1.54) is 31.6 Å². The molecule has 1 aromatic heterocycles. The summed E-state index contributed by atoms with van der Waals surface area (Å²) in [6.45, 7) is 0.495. The van der Waals surface area contributed by atoms with Gasteiger partial charge < -0.3 is 53.2 Å². The molecule has 294 valence electrons. The van der Waals surface area contributed by atoms with Crippen molar-refractivity contribution in [2.24, 2.45) is 11.5 Å². The Hall–Kier alpha value is -4.81. The van der Waals surface area contributed by atoms with E-state index in [-0.39, 0.29) is 30.9 Å². The van der Waals surface area contributed by atoms with Gasteiger partial charge in [-0.1, -0.05) is 34.7 Å². The first kappa shape index (κ1) is 43.6. The first-order valence-electron chi connectivity index (χ1n) is 16.5. The molecule has 20 nitrogen and oxygen atoms in total. The van der Waals surface area contributed by atoms with E-state index in [1.54, 1.807) is 12.1 Å². The van der Waals surface area contributed by atoms with Gasteiger partial charge in [-0.25, -0.2) is 4.98 Å². The second-order valence-corrected chi connectivity index (χ2v) is 14.3. The predicted molar refractivity (Wildman–Crippen MR) is 202 cm³/mol. The van der Waals surface area contributed by atoms with Gasteiger partial charge in [-0.15, -0.1) is 0 Å². The quantitative estimate of drug-likeness (QED) is 0.0260. The number of hydrogen-bond acceptors (Lipinski definition) is 13. The third-order valence-corrected chi connectivity index (χ3v) is 10.3. The number of ketones is 1. The topological polar surface area (TPSA) is 330 Å². The maximum absolute atomic E-state index is 14.4. The van der Waals surface area contributed by atoms with Crippen LogP contribution in [-0.2, 0) is 51.2 Å². The number of nitrogens with one attached hydrogen (secondary N) is 7. The Bertz CT molecular complexity index is 1700. The lowest BCUT2D eigenvalue weighted by molar-refractivity contribution is -0.141. The van der Waals surface area contributed by atoms with E-state index < -0.39 is 99.8 Å². The van der Waals surface area contributed by atoms with Crippen LogP contribution < -0.4 is 43.4 Å². The van der Waals surface area contributed by atoms with Gasteiger partial charge in [0.1, 0.15) is 29.9 Å². The van der Waals surface area contributed by atoms with Crippen molar-refractivity contribution >= 4 is 82.4 Å². The number of H-pyrrole nitrogens is 1. The number of phenolic OH excluding ortho intramolecular Hbond substituents is 1. The molecular formula is C32H43IN10O10S. The smallest absolute Gasteiger partial charge is 0.249 e. The summed E-state index contributed by atoms with van der Waals surface area (Å²) < 4.78 is -0.646. The normalized spacial score (nSPS) is 19.2. The molecular weight excluding hydrogens is 843 g/mol. The summed E-state index contributed by atoms with van der Waals surface area (Å²) in [4.78, 5) is 110. The van der Waals surface area contributed by atoms with Crippen LogP contribution in [0.2, 0.25) is 0 Å². The fourth-order valence-corrected chi connectivity index (χ4v) is 7.00. The zero-order chi connectivity index (χ0) is 40.2. The molecule has 7 atom stereocenters. The highest BCUT2D eigenvalue weighted by Crippen LogP contribution is 2.31. The van der Waals surface area contributed by atoms with Gasteiger partial charge in [0.05, 0.1) is 25.4 Å². The van der Waals surface area contributed by atoms with E-state index in [0.29, 0.717) is 17.7 Å². The molecule has 3 rings (SSSR count). The number of aromatic amines is 1. The average Bonchev–Trinajstić information content (AvgIpc) is 3.78. The lowest BCUT2D eigenvalue weighted by Gasteiger charge is -2.35. The number of primary amides is 2. The van der Waals surface area contributed by atoms with Crippen molar-refractivity contribution in [3.63, 3.8) is 0 Å². The Kier molecular flexibility index (Phi) is 16.2. The molecule has 1 fully saturated rings. The third kappa shape index (κ3) is 11.6. The molecule has 0 saturated carbocycles. The average molecular weight is 887 g/mol. The lowest BCUT2D eigenvalue weighted by Crippen LogP contribution is -2.69. The number of aliphatic hydroxyl groups excluding tert-OH is 1. The molecule has 0 bridgehead atoms. The number of aliphatic hydroxyl groups is 1. The van der Waals surface area contributed by atoms with Crippen LogP contribution in [0.1, 0.15) is 31.0 Å². The van der Waals surface area contributed by atoms with Crippen LogP contribution in [0.5, 0.6) is 5.75 Å². The van der Waals surface area contributed by atoms with Crippen LogP contribution in [-0.4, -0.2) is 126 Å². The Morgan fingerprint density at radius 3 is 2.04 bits per heavy atom. The van der Waals surface area contributed by atoms with Gasteiger partial charge in [0.2, 0.25) is 41.4 Å². The first-order chi connectivity index (χ1) is 25.5. The number of amides is 7. The Morgan fingerprint density at radius 2 is 1.52 bits per heavy atom. The van der Waals surface area contributed by atoms with Gasteiger partial charge in [0.15, 0.2) is 11.3 Å². The minimum Gasteiger partial charge on any atom is -0.508 e. The van der Waals surface area contributed by atoms with Gasteiger partial charge in [0.25, 0.3) is 0 Å². The highest BCUT2D eigenvalue weighted by molar-refractivity contribution is 14.1. The van der Waals surface area contributed by atoms with Crippen molar-refractivity contribution in [1.29, 1.82) is 0 Å². The van der Waals surface area contributed by atoms with E-state index in [4.69, 9.17) is 11.5 Å². The summed E-state index contributed by atoms with van der Waals surface area (Å²) in [5.41, 5.74) is 9.34. The Morgan fingerprint density at radius 1 is 0.907 bits per heavy atom. The summed E-state index contributed by atoms with van der Waals surface area (Å²) in [6.07, 6.45) is 2.24. The van der Waals surface area contributed by atoms with Crippen LogP contribution in [0.25, 0.3) is 0 Å². The maximum Gasteiger partial charge on any atom is 0.249 e. The first-order valence-corrected chi connectivity index (χ1v) is 18.4. The van der Waals surface area contributed by atoms with Crippen LogP contribution >= 0.6 is 35.2 Å². The molecule has 13 N–H and O–H groups in total. The number of aromatic hydroxyl groups is 1. The minimum atomic E-state index is -1.94. The molecule has 1 unspecified atom stereocenters. The molecule has 1 aliphatic rings. The van der Waals surface area contributed by atoms with Gasteiger partial charge in [-0.2, -0.15) is 12.6 Å². The number of thiol groups is 1. The van der Waals surface area contributed by atoms with Crippen molar-refractivity contribution in [2.75, 3.05) is 18.9 Å². The summed E-state index contributed by atoms with van der Waals surface area (Å²) in [7, 11) is 0. The molecule has 1 aromatic carbocycles. The standard InChI is InChI=1S/C32H43IN10O10S/c1-15(45)39-19(8-16-2-4-18(46)5-3-16)26(48)32(24(33)6-7-38-32)31(53)43-21(9-17-11-36-14-37-17)28(50)41-22(12-44)29(51)42-23(13-54)30(52)40-20(27(35)49)10-25(34)47/h2-5,11,14,19-24,38,44,46,54H,6-10,12-13H2,1H3,(H2,34,47)(H2,35,49)(H,36,37)(H,39,45)(H,40,52)(H,41,50)(H,42,51)(H,43,53)/t19-,20-,21-,22-,23-,24?,32+/m0/s1. The van der Waals surface area contributed by atoms with Crippen molar-refractivity contribution < 1.29 is 48.6 Å². The van der Waals surface area contributed by atoms with Gasteiger partial charge in [0, 0.05) is 34.9 Å². The molecule has 1 aliphatic heterocycles. The van der Waals surface area contributed by atoms with Gasteiger partial charge in [-0.05, 0) is 37.1 Å². The number of rotatable bonds is 20. The number of Topliss-reactive ketones (excluding diaryl/α,β-unsaturated/α-hetero) is 1. The molecule has 54 heavy (non-hydrogen) atoms. The lowest BCUT2D eigenvalue weighted by atomic mass is 9.84. The SMILES string of the molecule is CC(=O)N[C@@H](Cc1ccc(O)cc1)C(=O)[C@]1(C(=O)N[C@@H](Cc2cnc[nH]2)C(=O)N[C@@H](CO)C(=O)N[C@@H](CS)C(=O)N[C@@H](CC(N)=O)C(N)=O)NCCC1I. The molecule has 0 aliphatic carbocycles. The Balaban J connectivity index is 1.85. The number of benzene rings is 1. The zero-order valence-electron chi connectivity index (χ0n) is 29.0. The predicted octanol–water partition coefficient (Wildman–Crippen LogP) is -4.27. The van der Waals surface area contributed by atoms with E-state index >= 15 is 0 Å². The third-order valence-electron chi connectivity index (χ3n) is 8.39. The number of phenols is 1. The zero-order valence-corrected chi connectivity index (χ0v) is 32.0. The van der Waals surface area contributed by atoms with Crippen molar-refractivity contribution in [3.8, 4) is 5.75 Å². The van der Waals surface area contributed by atoms with Crippen molar-refractivity contribution in [3.05, 3.63) is 48.0 Å². The number of nitrogens with zero attached hydrogens (tertiary/aromatic N) is 1. The van der Waals surface area contributed by atoms with Crippen LogP contribution in [0.4, 0.5) is 0 Å². The number of imidazole rings is 1. The summed E-state index contributed by atoms with van der Waals surface area (Å²) in [5.74, 6) is -7.43. The molecule has 1 saturated heterocycles. The van der Waals surface area contributed by atoms with Crippen molar-refractivity contribution in [1.82, 2.24) is 41.9 Å². The number of hydrogen-bond donors (Lipinski definition) is 12. The molecule has 2 aromatic rings. The summed E-state index contributed by atoms with van der Waals surface area (Å²) in [6, 6.07) is -1.30. The van der Waals surface area contributed by atoms with Crippen LogP contribution in [0, 0.1) is 0 Å². The second kappa shape index (κ2) is 20.0. The van der Waals surface area contributed by atoms with E-state index in [9.17, 15) is 48.6 Å². The molecule has 7 amide bonds. The maximum atomic E-state index is 14.4. The summed E-state index contributed by atoms with van der Waals surface area (Å²) in [5, 5.41) is 34.8. The molecule has 0 spiro atoms. The van der Waals surface area contributed by atoms with E-state index in [1.807, 2.05) is 22.6 Å². The van der Waals surface area contributed by atoms with Crippen LogP contribution in [0.3, 0.4) is 0 Å². The number of nitrogens with two attached hydrogens (primary N) is 2. The van der Waals surface area contributed by atoms with E-state index in [2.05, 4.69) is 54.5 Å². The van der Waals surface area contributed by atoms with Gasteiger partial charge in [-0.3, -0.25) is 43.7 Å². The van der Waals surface area contributed by atoms with Gasteiger partial charge >= 0.3 is 0 Å². The van der Waals surface area contributed by atoms with E-state index in [0.717, 1.165) is 0 Å². The summed E-state index contributed by atoms with van der Waals surface area (Å²) >= 11 is 6.00. The molecule has 0 radical (unpaired) electrons. The highest BCUT2D eigenvalue weighted by atomic mass is 127. The Labute approximate surface area is 328 Å². The van der Waals surface area contributed by atoms with Crippen LogP contribution in [0.15, 0.2) is 36.8 Å². The largest absolute Gasteiger partial charge is 0.508 e. The fourth-order valence-electron chi connectivity index (χ4n) is 5.62. The highest BCUT2D eigenvalue weighted by Gasteiger charge is 2.56. The minimum absolute atomic E-state index is 0.00767.